The van der Waals surface area contributed by atoms with E-state index in [-0.39, 0.29) is 29.2 Å². The summed E-state index contributed by atoms with van der Waals surface area (Å²) in [4.78, 5) is 12.7. The van der Waals surface area contributed by atoms with Crippen molar-refractivity contribution in [3.05, 3.63) is 63.6 Å². The number of nitrogens with two attached hydrogens (primary N) is 1. The predicted molar refractivity (Wildman–Crippen MR) is 122 cm³/mol. The third-order valence-corrected chi connectivity index (χ3v) is 7.08. The first-order valence-corrected chi connectivity index (χ1v) is 12.3. The first kappa shape index (κ1) is 23.2. The van der Waals surface area contributed by atoms with Crippen molar-refractivity contribution >= 4 is 44.8 Å². The Hall–Kier alpha value is -2.01. The van der Waals surface area contributed by atoms with Gasteiger partial charge in [-0.2, -0.15) is 5.10 Å². The van der Waals surface area contributed by atoms with Crippen molar-refractivity contribution in [2.45, 2.75) is 17.4 Å². The molecule has 1 amide bonds. The van der Waals surface area contributed by atoms with Gasteiger partial charge in [0.1, 0.15) is 0 Å². The van der Waals surface area contributed by atoms with E-state index in [2.05, 4.69) is 10.4 Å². The van der Waals surface area contributed by atoms with Crippen molar-refractivity contribution < 1.29 is 17.9 Å². The first-order chi connectivity index (χ1) is 15.2. The van der Waals surface area contributed by atoms with Crippen LogP contribution in [-0.4, -0.2) is 51.3 Å². The number of hydrazone groups is 1. The molecule has 0 aliphatic carbocycles. The summed E-state index contributed by atoms with van der Waals surface area (Å²) in [6.07, 6.45) is -0.218. The Balaban J connectivity index is 1.58. The molecule has 0 bridgehead atoms. The summed E-state index contributed by atoms with van der Waals surface area (Å²) >= 11 is 12.3. The molecule has 1 saturated heterocycles. The van der Waals surface area contributed by atoms with Gasteiger partial charge in [-0.15, -0.1) is 0 Å². The standard InChI is InChI=1S/C21H22Cl2N4O4S/c22-17-5-4-14(9-18(17)23)21-15(11-25-6-7-31-21)12-27-20(28)10-19(26-27)13-2-1-3-16(8-13)32(24,29)30/h1-5,8-9,15,21,25H,6-7,10-12H2,(H2,24,29,30)/t15-,21-/m0/s1. The van der Waals surface area contributed by atoms with E-state index in [1.807, 2.05) is 6.07 Å². The summed E-state index contributed by atoms with van der Waals surface area (Å²) in [6, 6.07) is 11.5. The maximum atomic E-state index is 12.7. The largest absolute Gasteiger partial charge is 0.372 e. The Bertz CT molecular complexity index is 1170. The first-order valence-electron chi connectivity index (χ1n) is 10.0. The minimum atomic E-state index is -3.85. The van der Waals surface area contributed by atoms with Crippen molar-refractivity contribution in [3.63, 3.8) is 0 Å². The molecule has 0 saturated carbocycles. The maximum absolute atomic E-state index is 12.7. The van der Waals surface area contributed by atoms with Crippen LogP contribution >= 0.6 is 23.2 Å². The molecule has 0 spiro atoms. The zero-order chi connectivity index (χ0) is 22.9. The number of amides is 1. The molecule has 2 aromatic rings. The molecule has 3 N–H and O–H groups in total. The number of hydrogen-bond donors (Lipinski definition) is 2. The number of rotatable bonds is 5. The average molecular weight is 497 g/mol. The summed E-state index contributed by atoms with van der Waals surface area (Å²) in [5.41, 5.74) is 1.92. The number of nitrogens with one attached hydrogen (secondary N) is 1. The van der Waals surface area contributed by atoms with Gasteiger partial charge in [0, 0.05) is 19.0 Å². The molecule has 4 rings (SSSR count). The molecule has 1 fully saturated rings. The lowest BCUT2D eigenvalue weighted by atomic mass is 9.95. The van der Waals surface area contributed by atoms with Crippen LogP contribution in [0.25, 0.3) is 0 Å². The quantitative estimate of drug-likeness (QED) is 0.659. The lowest BCUT2D eigenvalue weighted by molar-refractivity contribution is -0.129. The fraction of sp³-hybridized carbons (Fsp3) is 0.333. The number of halogens is 2. The van der Waals surface area contributed by atoms with Crippen molar-refractivity contribution in [1.29, 1.82) is 0 Å². The van der Waals surface area contributed by atoms with Crippen molar-refractivity contribution in [2.24, 2.45) is 16.2 Å². The molecular formula is C21H22Cl2N4O4S. The summed E-state index contributed by atoms with van der Waals surface area (Å²) < 4.78 is 29.4. The summed E-state index contributed by atoms with van der Waals surface area (Å²) in [5, 5.41) is 15.4. The summed E-state index contributed by atoms with van der Waals surface area (Å²) in [6.45, 7) is 2.16. The van der Waals surface area contributed by atoms with Gasteiger partial charge in [-0.05, 0) is 35.4 Å². The Morgan fingerprint density at radius 3 is 2.75 bits per heavy atom. The highest BCUT2D eigenvalue weighted by Gasteiger charge is 2.33. The van der Waals surface area contributed by atoms with Crippen LogP contribution in [0.5, 0.6) is 0 Å². The molecule has 2 aliphatic rings. The highest BCUT2D eigenvalue weighted by atomic mass is 35.5. The van der Waals surface area contributed by atoms with Crippen LogP contribution in [0, 0.1) is 5.92 Å². The number of nitrogens with zero attached hydrogens (tertiary/aromatic N) is 2. The molecule has 2 aromatic carbocycles. The third-order valence-electron chi connectivity index (χ3n) is 5.43. The van der Waals surface area contributed by atoms with Gasteiger partial charge in [0.05, 0.1) is 46.3 Å². The molecule has 8 nitrogen and oxygen atoms in total. The zero-order valence-electron chi connectivity index (χ0n) is 17.0. The predicted octanol–water partition coefficient (Wildman–Crippen LogP) is 2.55. The van der Waals surface area contributed by atoms with Gasteiger partial charge >= 0.3 is 0 Å². The Kier molecular flexibility index (Phi) is 6.85. The van der Waals surface area contributed by atoms with Gasteiger partial charge in [-0.1, -0.05) is 41.4 Å². The van der Waals surface area contributed by atoms with Crippen LogP contribution in [-0.2, 0) is 19.6 Å². The van der Waals surface area contributed by atoms with Gasteiger partial charge in [-0.25, -0.2) is 18.6 Å². The molecule has 11 heteroatoms. The zero-order valence-corrected chi connectivity index (χ0v) is 19.3. The third kappa shape index (κ3) is 5.14. The van der Waals surface area contributed by atoms with E-state index < -0.39 is 10.0 Å². The molecule has 170 valence electrons. The molecule has 2 atom stereocenters. The van der Waals surface area contributed by atoms with E-state index in [1.54, 1.807) is 24.3 Å². The Morgan fingerprint density at radius 1 is 1.19 bits per heavy atom. The Labute approximate surface area is 196 Å². The normalized spacial score (nSPS) is 22.0. The summed E-state index contributed by atoms with van der Waals surface area (Å²) in [7, 11) is -3.85. The van der Waals surface area contributed by atoms with E-state index in [0.29, 0.717) is 47.6 Å². The molecule has 0 radical (unpaired) electrons. The van der Waals surface area contributed by atoms with Crippen LogP contribution in [0.15, 0.2) is 52.5 Å². The second kappa shape index (κ2) is 9.46. The van der Waals surface area contributed by atoms with Crippen molar-refractivity contribution in [2.75, 3.05) is 26.2 Å². The average Bonchev–Trinajstić information content (AvgIpc) is 2.96. The van der Waals surface area contributed by atoms with E-state index >= 15 is 0 Å². The van der Waals surface area contributed by atoms with Gasteiger partial charge in [-0.3, -0.25) is 4.79 Å². The van der Waals surface area contributed by atoms with E-state index in [1.165, 1.54) is 17.1 Å². The fourth-order valence-electron chi connectivity index (χ4n) is 3.86. The number of primary sulfonamides is 1. The molecular weight excluding hydrogens is 475 g/mol. The topological polar surface area (TPSA) is 114 Å². The van der Waals surface area contributed by atoms with Crippen LogP contribution in [0.4, 0.5) is 0 Å². The molecule has 0 aromatic heterocycles. The van der Waals surface area contributed by atoms with Crippen LogP contribution in [0.1, 0.15) is 23.7 Å². The van der Waals surface area contributed by atoms with Gasteiger partial charge in [0.25, 0.3) is 0 Å². The second-order valence-corrected chi connectivity index (χ2v) is 10.1. The van der Waals surface area contributed by atoms with E-state index in [9.17, 15) is 13.2 Å². The van der Waals surface area contributed by atoms with Crippen LogP contribution in [0.2, 0.25) is 10.0 Å². The number of hydrogen-bond acceptors (Lipinski definition) is 6. The highest BCUT2D eigenvalue weighted by molar-refractivity contribution is 7.89. The lowest BCUT2D eigenvalue weighted by Gasteiger charge is -2.27. The minimum absolute atomic E-state index is 0.0235. The van der Waals surface area contributed by atoms with Gasteiger partial charge in [0.2, 0.25) is 15.9 Å². The van der Waals surface area contributed by atoms with Gasteiger partial charge in [0.15, 0.2) is 0 Å². The number of sulfonamides is 1. The Morgan fingerprint density at radius 2 is 2.00 bits per heavy atom. The SMILES string of the molecule is NS(=O)(=O)c1cccc(C2=NN(C[C@@H]3CNCCO[C@H]3c3ccc(Cl)c(Cl)c3)C(=O)C2)c1. The number of benzene rings is 2. The van der Waals surface area contributed by atoms with Crippen molar-refractivity contribution in [3.8, 4) is 0 Å². The number of carbonyl (C=O) groups is 1. The highest BCUT2D eigenvalue weighted by Crippen LogP contribution is 2.33. The monoisotopic (exact) mass is 496 g/mol. The van der Waals surface area contributed by atoms with Gasteiger partial charge < -0.3 is 10.1 Å². The smallest absolute Gasteiger partial charge is 0.248 e. The van der Waals surface area contributed by atoms with Crippen LogP contribution < -0.4 is 10.5 Å². The molecule has 2 heterocycles. The molecule has 0 unspecified atom stereocenters. The summed E-state index contributed by atoms with van der Waals surface area (Å²) in [5.74, 6) is -0.254. The number of ether oxygens (including phenoxy) is 1. The molecule has 2 aliphatic heterocycles. The second-order valence-electron chi connectivity index (χ2n) is 7.70. The number of carbonyl (C=O) groups excluding carboxylic acids is 1. The molecule has 32 heavy (non-hydrogen) atoms. The lowest BCUT2D eigenvalue weighted by Crippen LogP contribution is -2.35. The maximum Gasteiger partial charge on any atom is 0.248 e. The minimum Gasteiger partial charge on any atom is -0.372 e. The van der Waals surface area contributed by atoms with Crippen molar-refractivity contribution in [1.82, 2.24) is 10.3 Å². The van der Waals surface area contributed by atoms with Crippen LogP contribution in [0.3, 0.4) is 0 Å². The van der Waals surface area contributed by atoms with E-state index in [4.69, 9.17) is 33.1 Å². The van der Waals surface area contributed by atoms with E-state index in [0.717, 1.165) is 5.56 Å². The fourth-order valence-corrected chi connectivity index (χ4v) is 4.72.